The predicted octanol–water partition coefficient (Wildman–Crippen LogP) is 5.95. The first kappa shape index (κ1) is 22.8. The minimum absolute atomic E-state index is 0.0283. The Balaban J connectivity index is 1.76. The van der Waals surface area contributed by atoms with Gasteiger partial charge in [-0.2, -0.15) is 13.2 Å². The average molecular weight is 454 g/mol. The van der Waals surface area contributed by atoms with Crippen molar-refractivity contribution in [2.45, 2.75) is 45.7 Å². The maximum absolute atomic E-state index is 13.4. The molecule has 7 heteroatoms. The summed E-state index contributed by atoms with van der Waals surface area (Å²) in [6, 6.07) is 13.8. The lowest BCUT2D eigenvalue weighted by atomic mass is 9.68. The van der Waals surface area contributed by atoms with E-state index in [0.717, 1.165) is 23.4 Å². The summed E-state index contributed by atoms with van der Waals surface area (Å²) in [6.07, 6.45) is -3.49. The summed E-state index contributed by atoms with van der Waals surface area (Å²) in [5.41, 5.74) is 2.04. The molecule has 4 nitrogen and oxygen atoms in total. The molecular formula is C26H25F3N2O2. The zero-order valence-electron chi connectivity index (χ0n) is 18.6. The number of amides is 1. The number of anilines is 1. The van der Waals surface area contributed by atoms with E-state index in [2.05, 4.69) is 10.6 Å². The van der Waals surface area contributed by atoms with Crippen LogP contribution < -0.4 is 10.6 Å². The van der Waals surface area contributed by atoms with Crippen molar-refractivity contribution in [2.24, 2.45) is 5.41 Å². The van der Waals surface area contributed by atoms with Crippen LogP contribution in [0.15, 0.2) is 77.1 Å². The van der Waals surface area contributed by atoms with Crippen molar-refractivity contribution in [3.8, 4) is 0 Å². The summed E-state index contributed by atoms with van der Waals surface area (Å²) >= 11 is 0. The van der Waals surface area contributed by atoms with Crippen molar-refractivity contribution in [1.82, 2.24) is 5.32 Å². The minimum Gasteiger partial charge on any atom is -0.362 e. The number of halogens is 3. The van der Waals surface area contributed by atoms with E-state index in [4.69, 9.17) is 0 Å². The molecule has 0 unspecified atom stereocenters. The van der Waals surface area contributed by atoms with Gasteiger partial charge in [-0.1, -0.05) is 50.2 Å². The fourth-order valence-corrected chi connectivity index (χ4v) is 4.69. The lowest BCUT2D eigenvalue weighted by Crippen LogP contribution is -2.39. The molecule has 172 valence electrons. The number of Topliss-reactive ketones (excluding diaryl/α,β-unsaturated/α-hetero) is 1. The van der Waals surface area contributed by atoms with Gasteiger partial charge in [0.05, 0.1) is 5.56 Å². The molecule has 1 amide bonds. The van der Waals surface area contributed by atoms with Crippen molar-refractivity contribution in [3.05, 3.63) is 88.3 Å². The van der Waals surface area contributed by atoms with Crippen LogP contribution in [0, 0.1) is 5.41 Å². The standard InChI is InChI=1S/C26H25F3N2O2/c1-15-21(24(33)31-18-11-7-10-17(12-18)26(27,28)29)22(16-8-5-4-6-9-16)23-19(30-15)13-25(2,3)14-20(23)32/h4-12,22,30H,13-14H2,1-3H3,(H,31,33)/t22-/m1/s1. The van der Waals surface area contributed by atoms with Crippen LogP contribution in [0.5, 0.6) is 0 Å². The van der Waals surface area contributed by atoms with Gasteiger partial charge in [-0.25, -0.2) is 0 Å². The highest BCUT2D eigenvalue weighted by Crippen LogP contribution is 2.46. The summed E-state index contributed by atoms with van der Waals surface area (Å²) in [6.45, 7) is 5.82. The number of ketones is 1. The van der Waals surface area contributed by atoms with Crippen molar-refractivity contribution >= 4 is 17.4 Å². The molecule has 2 aromatic rings. The molecule has 33 heavy (non-hydrogen) atoms. The second kappa shape index (κ2) is 8.21. The smallest absolute Gasteiger partial charge is 0.362 e. The number of nitrogens with one attached hydrogen (secondary N) is 2. The fraction of sp³-hybridized carbons (Fsp3) is 0.308. The summed E-state index contributed by atoms with van der Waals surface area (Å²) in [5.74, 6) is -1.17. The molecule has 0 spiro atoms. The topological polar surface area (TPSA) is 58.2 Å². The Labute approximate surface area is 190 Å². The monoisotopic (exact) mass is 454 g/mol. The normalized spacial score (nSPS) is 20.3. The number of dihydropyridines is 1. The number of carbonyl (C=O) groups excluding carboxylic acids is 2. The molecule has 1 atom stereocenters. The SMILES string of the molecule is CC1=C(C(=O)Nc2cccc(C(F)(F)F)c2)[C@@H](c2ccccc2)C2=C(CC(C)(C)CC2=O)N1. The van der Waals surface area contributed by atoms with Crippen molar-refractivity contribution in [3.63, 3.8) is 0 Å². The molecule has 1 heterocycles. The summed E-state index contributed by atoms with van der Waals surface area (Å²) in [4.78, 5) is 26.6. The van der Waals surface area contributed by atoms with Gasteiger partial charge in [-0.15, -0.1) is 0 Å². The van der Waals surface area contributed by atoms with E-state index in [1.54, 1.807) is 6.92 Å². The van der Waals surface area contributed by atoms with Crippen molar-refractivity contribution < 1.29 is 22.8 Å². The van der Waals surface area contributed by atoms with Crippen LogP contribution in [0.2, 0.25) is 0 Å². The molecule has 2 aromatic carbocycles. The minimum atomic E-state index is -4.52. The van der Waals surface area contributed by atoms with Crippen molar-refractivity contribution in [1.29, 1.82) is 0 Å². The molecule has 0 saturated carbocycles. The Morgan fingerprint density at radius 3 is 2.42 bits per heavy atom. The van der Waals surface area contributed by atoms with Crippen molar-refractivity contribution in [2.75, 3.05) is 5.32 Å². The number of allylic oxidation sites excluding steroid dienone is 3. The Hall–Kier alpha value is -3.35. The Morgan fingerprint density at radius 2 is 1.76 bits per heavy atom. The molecule has 0 fully saturated rings. The molecule has 0 bridgehead atoms. The molecule has 0 saturated heterocycles. The molecule has 4 rings (SSSR count). The zero-order valence-corrected chi connectivity index (χ0v) is 18.6. The van der Waals surface area contributed by atoms with E-state index in [0.29, 0.717) is 29.7 Å². The van der Waals surface area contributed by atoms with Gasteiger partial charge in [-0.3, -0.25) is 9.59 Å². The fourth-order valence-electron chi connectivity index (χ4n) is 4.69. The van der Waals surface area contributed by atoms with Crippen LogP contribution in [0.3, 0.4) is 0 Å². The number of carbonyl (C=O) groups is 2. The molecule has 0 aromatic heterocycles. The third-order valence-electron chi connectivity index (χ3n) is 6.07. The van der Waals surface area contributed by atoms with E-state index in [1.165, 1.54) is 12.1 Å². The first-order valence-corrected chi connectivity index (χ1v) is 10.7. The second-order valence-corrected chi connectivity index (χ2v) is 9.37. The van der Waals surface area contributed by atoms with Gasteiger partial charge in [0.2, 0.25) is 0 Å². The average Bonchev–Trinajstić information content (AvgIpc) is 2.72. The van der Waals surface area contributed by atoms with Crippen LogP contribution in [0.4, 0.5) is 18.9 Å². The van der Waals surface area contributed by atoms with Crippen LogP contribution in [0.1, 0.15) is 50.7 Å². The predicted molar refractivity (Wildman–Crippen MR) is 120 cm³/mol. The molecular weight excluding hydrogens is 429 g/mol. The van der Waals surface area contributed by atoms with E-state index in [1.807, 2.05) is 44.2 Å². The lowest BCUT2D eigenvalue weighted by molar-refractivity contribution is -0.137. The maximum atomic E-state index is 13.4. The van der Waals surface area contributed by atoms with Gasteiger partial charge < -0.3 is 10.6 Å². The quantitative estimate of drug-likeness (QED) is 0.603. The number of hydrogen-bond donors (Lipinski definition) is 2. The Morgan fingerprint density at radius 1 is 1.06 bits per heavy atom. The lowest BCUT2D eigenvalue weighted by Gasteiger charge is -2.39. The first-order chi connectivity index (χ1) is 15.5. The number of rotatable bonds is 3. The summed E-state index contributed by atoms with van der Waals surface area (Å²) in [5, 5.41) is 5.86. The van der Waals surface area contributed by atoms with E-state index >= 15 is 0 Å². The van der Waals surface area contributed by atoms with Gasteiger partial charge in [0.25, 0.3) is 5.91 Å². The van der Waals surface area contributed by atoms with E-state index < -0.39 is 23.6 Å². The van der Waals surface area contributed by atoms with Gasteiger partial charge in [-0.05, 0) is 42.5 Å². The van der Waals surface area contributed by atoms with Gasteiger partial charge in [0.1, 0.15) is 0 Å². The molecule has 2 aliphatic rings. The third kappa shape index (κ3) is 4.58. The third-order valence-corrected chi connectivity index (χ3v) is 6.07. The highest BCUT2D eigenvalue weighted by Gasteiger charge is 2.42. The zero-order chi connectivity index (χ0) is 24.0. The highest BCUT2D eigenvalue weighted by atomic mass is 19.4. The van der Waals surface area contributed by atoms with Crippen LogP contribution in [-0.4, -0.2) is 11.7 Å². The van der Waals surface area contributed by atoms with Crippen LogP contribution >= 0.6 is 0 Å². The van der Waals surface area contributed by atoms with Crippen LogP contribution in [0.25, 0.3) is 0 Å². The van der Waals surface area contributed by atoms with Gasteiger partial charge in [0, 0.05) is 40.6 Å². The first-order valence-electron chi connectivity index (χ1n) is 10.7. The number of benzene rings is 2. The largest absolute Gasteiger partial charge is 0.416 e. The van der Waals surface area contributed by atoms with E-state index in [-0.39, 0.29) is 16.9 Å². The number of alkyl halides is 3. The molecule has 2 N–H and O–H groups in total. The highest BCUT2D eigenvalue weighted by molar-refractivity contribution is 6.10. The maximum Gasteiger partial charge on any atom is 0.416 e. The molecule has 1 aliphatic heterocycles. The van der Waals surface area contributed by atoms with Crippen LogP contribution in [-0.2, 0) is 15.8 Å². The summed E-state index contributed by atoms with van der Waals surface area (Å²) in [7, 11) is 0. The second-order valence-electron chi connectivity index (χ2n) is 9.37. The Bertz CT molecular complexity index is 1180. The Kier molecular flexibility index (Phi) is 5.68. The molecule has 0 radical (unpaired) electrons. The van der Waals surface area contributed by atoms with Gasteiger partial charge >= 0.3 is 6.18 Å². The van der Waals surface area contributed by atoms with Gasteiger partial charge in [0.15, 0.2) is 5.78 Å². The summed E-state index contributed by atoms with van der Waals surface area (Å²) < 4.78 is 39.4. The number of hydrogen-bond acceptors (Lipinski definition) is 3. The van der Waals surface area contributed by atoms with E-state index in [9.17, 15) is 22.8 Å². The molecule has 1 aliphatic carbocycles.